The zero-order chi connectivity index (χ0) is 9.12. The molecule has 0 radical (unpaired) electrons. The van der Waals surface area contributed by atoms with Crippen LogP contribution in [-0.2, 0) is 4.74 Å². The first kappa shape index (κ1) is 11.1. The number of hydrogen-bond acceptors (Lipinski definition) is 3. The Balaban J connectivity index is 4.47. The van der Waals surface area contributed by atoms with Crippen molar-refractivity contribution in [1.82, 2.24) is 0 Å². The topological polar surface area (TPSA) is 49.7 Å². The summed E-state index contributed by atoms with van der Waals surface area (Å²) in [6.45, 7) is 1.83. The normalized spacial score (nSPS) is 21.8. The number of ether oxygens (including phenoxy) is 1. The SMILES string of the molecule is BC(BC)(CO)C(B)(O)OC. The molecule has 0 aliphatic carbocycles. The van der Waals surface area contributed by atoms with E-state index in [2.05, 4.69) is 0 Å². The van der Waals surface area contributed by atoms with Crippen LogP contribution in [0.25, 0.3) is 0 Å². The van der Waals surface area contributed by atoms with E-state index in [0.29, 0.717) is 7.28 Å². The van der Waals surface area contributed by atoms with Crippen LogP contribution in [-0.4, -0.2) is 52.6 Å². The van der Waals surface area contributed by atoms with Crippen molar-refractivity contribution in [2.45, 2.75) is 17.7 Å². The van der Waals surface area contributed by atoms with E-state index in [-0.39, 0.29) is 6.61 Å². The molecule has 0 heterocycles. The third-order valence-electron chi connectivity index (χ3n) is 2.65. The number of rotatable bonds is 4. The van der Waals surface area contributed by atoms with Crippen molar-refractivity contribution in [3.63, 3.8) is 0 Å². The van der Waals surface area contributed by atoms with Gasteiger partial charge in [-0.1, -0.05) is 6.82 Å². The molecule has 0 aliphatic heterocycles. The van der Waals surface area contributed by atoms with Crippen LogP contribution in [0.5, 0.6) is 0 Å². The van der Waals surface area contributed by atoms with E-state index in [1.54, 1.807) is 15.7 Å². The lowest BCUT2D eigenvalue weighted by atomic mass is 9.37. The second-order valence-electron chi connectivity index (χ2n) is 3.26. The maximum Gasteiger partial charge on any atom is 0.177 e. The zero-order valence-corrected chi connectivity index (χ0v) is 7.72. The van der Waals surface area contributed by atoms with E-state index >= 15 is 0 Å². The molecule has 0 bridgehead atoms. The molecule has 0 spiro atoms. The highest BCUT2D eigenvalue weighted by Gasteiger charge is 2.41. The molecule has 0 aromatic rings. The van der Waals surface area contributed by atoms with Crippen molar-refractivity contribution < 1.29 is 14.9 Å². The summed E-state index contributed by atoms with van der Waals surface area (Å²) in [7, 11) is 5.46. The van der Waals surface area contributed by atoms with E-state index < -0.39 is 10.9 Å². The van der Waals surface area contributed by atoms with E-state index in [0.717, 1.165) is 0 Å². The fraction of sp³-hybridized carbons (Fsp3) is 1.00. The van der Waals surface area contributed by atoms with Crippen molar-refractivity contribution in [3.05, 3.63) is 0 Å². The Morgan fingerprint density at radius 3 is 2.09 bits per heavy atom. The highest BCUT2D eigenvalue weighted by atomic mass is 16.6. The van der Waals surface area contributed by atoms with Crippen molar-refractivity contribution in [2.24, 2.45) is 0 Å². The molecule has 62 valence electrons. The van der Waals surface area contributed by atoms with Gasteiger partial charge in [-0.25, -0.2) is 0 Å². The predicted octanol–water partition coefficient (Wildman–Crippen LogP) is -2.86. The summed E-state index contributed by atoms with van der Waals surface area (Å²) in [5.41, 5.74) is -1.25. The maximum absolute atomic E-state index is 9.66. The lowest BCUT2D eigenvalue weighted by Gasteiger charge is -2.40. The van der Waals surface area contributed by atoms with E-state index in [1.807, 2.05) is 6.82 Å². The minimum absolute atomic E-state index is 0.0790. The Bertz CT molecular complexity index is 124. The smallest absolute Gasteiger partial charge is 0.177 e. The number of aliphatic hydroxyl groups is 2. The predicted molar refractivity (Wildman–Crippen MR) is 51.8 cm³/mol. The van der Waals surface area contributed by atoms with Crippen LogP contribution in [0.4, 0.5) is 0 Å². The van der Waals surface area contributed by atoms with Crippen molar-refractivity contribution in [1.29, 1.82) is 0 Å². The largest absolute Gasteiger partial charge is 0.397 e. The number of hydrogen-bond donors (Lipinski definition) is 2. The summed E-state index contributed by atoms with van der Waals surface area (Å²) in [5.74, 6) is 0. The molecule has 0 rings (SSSR count). The quantitative estimate of drug-likeness (QED) is 0.339. The highest BCUT2D eigenvalue weighted by Crippen LogP contribution is 2.31. The third kappa shape index (κ3) is 2.01. The average Bonchev–Trinajstić information content (AvgIpc) is 2.02. The Hall–Kier alpha value is 0.0748. The van der Waals surface area contributed by atoms with Gasteiger partial charge in [0, 0.05) is 13.7 Å². The molecular weight excluding hydrogens is 140 g/mol. The molecule has 6 heteroatoms. The lowest BCUT2D eigenvalue weighted by Crippen LogP contribution is -2.50. The van der Waals surface area contributed by atoms with Crippen LogP contribution < -0.4 is 0 Å². The number of methoxy groups -OCH3 is 1. The Morgan fingerprint density at radius 2 is 2.00 bits per heavy atom. The Kier molecular flexibility index (Phi) is 3.68. The molecule has 2 unspecified atom stereocenters. The van der Waals surface area contributed by atoms with Gasteiger partial charge >= 0.3 is 0 Å². The van der Waals surface area contributed by atoms with Gasteiger partial charge in [-0.2, -0.15) is 0 Å². The van der Waals surface area contributed by atoms with Gasteiger partial charge in [0.15, 0.2) is 7.85 Å². The maximum atomic E-state index is 9.66. The molecule has 0 saturated carbocycles. The van der Waals surface area contributed by atoms with E-state index in [1.165, 1.54) is 7.11 Å². The van der Waals surface area contributed by atoms with Gasteiger partial charge in [-0.05, 0) is 5.21 Å². The monoisotopic (exact) mass is 156 g/mol. The van der Waals surface area contributed by atoms with Crippen LogP contribution >= 0.6 is 0 Å². The molecule has 0 saturated heterocycles. The third-order valence-corrected chi connectivity index (χ3v) is 2.65. The van der Waals surface area contributed by atoms with Gasteiger partial charge in [0.05, 0.1) is 0 Å². The summed E-state index contributed by atoms with van der Waals surface area (Å²) in [6.07, 6.45) is 0. The molecule has 3 nitrogen and oxygen atoms in total. The van der Waals surface area contributed by atoms with Crippen molar-refractivity contribution >= 4 is 23.0 Å². The van der Waals surface area contributed by atoms with Crippen LogP contribution in [0.2, 0.25) is 12.0 Å². The van der Waals surface area contributed by atoms with Crippen LogP contribution in [0.15, 0.2) is 0 Å². The van der Waals surface area contributed by atoms with Gasteiger partial charge in [0.2, 0.25) is 0 Å². The summed E-state index contributed by atoms with van der Waals surface area (Å²) in [4.78, 5) is 0. The van der Waals surface area contributed by atoms with Gasteiger partial charge in [0.1, 0.15) is 20.8 Å². The number of aliphatic hydroxyl groups excluding tert-OH is 1. The van der Waals surface area contributed by atoms with E-state index in [4.69, 9.17) is 9.84 Å². The fourth-order valence-corrected chi connectivity index (χ4v) is 0.833. The molecule has 0 amide bonds. The van der Waals surface area contributed by atoms with Crippen LogP contribution in [0.3, 0.4) is 0 Å². The minimum atomic E-state index is -1.25. The van der Waals surface area contributed by atoms with Crippen LogP contribution in [0, 0.1) is 0 Å². The average molecular weight is 156 g/mol. The van der Waals surface area contributed by atoms with Gasteiger partial charge in [0.25, 0.3) is 0 Å². The van der Waals surface area contributed by atoms with Crippen molar-refractivity contribution in [2.75, 3.05) is 13.7 Å². The standard InChI is InChI=1S/C5H15B3O3/c1-8-4(6,3-9)5(7,10)11-2/h8-10H,3,6-7H2,1-2H3. The second-order valence-corrected chi connectivity index (χ2v) is 3.26. The molecular formula is C5H15B3O3. The van der Waals surface area contributed by atoms with Gasteiger partial charge in [-0.15, -0.1) is 0 Å². The minimum Gasteiger partial charge on any atom is -0.397 e. The Morgan fingerprint density at radius 1 is 1.55 bits per heavy atom. The van der Waals surface area contributed by atoms with Gasteiger partial charge in [-0.3, -0.25) is 0 Å². The van der Waals surface area contributed by atoms with Crippen molar-refractivity contribution in [3.8, 4) is 0 Å². The first-order valence-corrected chi connectivity index (χ1v) is 3.82. The molecule has 2 N–H and O–H groups in total. The van der Waals surface area contributed by atoms with Crippen LogP contribution in [0.1, 0.15) is 0 Å². The molecule has 0 aromatic carbocycles. The molecule has 11 heavy (non-hydrogen) atoms. The first-order valence-electron chi connectivity index (χ1n) is 3.82. The highest BCUT2D eigenvalue weighted by molar-refractivity contribution is 6.55. The summed E-state index contributed by atoms with van der Waals surface area (Å²) in [6, 6.07) is 0. The van der Waals surface area contributed by atoms with E-state index in [9.17, 15) is 5.11 Å². The molecule has 0 aromatic heterocycles. The summed E-state index contributed by atoms with van der Waals surface area (Å²) < 4.78 is 4.88. The molecule has 0 aliphatic rings. The second kappa shape index (κ2) is 3.65. The summed E-state index contributed by atoms with van der Waals surface area (Å²) in [5, 5.41) is 18.1. The lowest BCUT2D eigenvalue weighted by molar-refractivity contribution is -0.136. The fourth-order valence-electron chi connectivity index (χ4n) is 0.833. The zero-order valence-electron chi connectivity index (χ0n) is 7.72. The van der Waals surface area contributed by atoms with Gasteiger partial charge < -0.3 is 14.9 Å². The molecule has 2 atom stereocenters. The Labute approximate surface area is 70.2 Å². The summed E-state index contributed by atoms with van der Waals surface area (Å²) >= 11 is 0. The molecule has 0 fully saturated rings. The first-order chi connectivity index (χ1) is 4.93.